The molecule has 0 saturated heterocycles. The molecule has 136 valence electrons. The van der Waals surface area contributed by atoms with Gasteiger partial charge in [0.25, 0.3) is 0 Å². The molecule has 0 aliphatic heterocycles. The maximum atomic E-state index is 12.9. The van der Waals surface area contributed by atoms with Crippen molar-refractivity contribution in [1.82, 2.24) is 4.72 Å². The van der Waals surface area contributed by atoms with Gasteiger partial charge in [0.15, 0.2) is 0 Å². The molecule has 2 nitrogen and oxygen atoms in total. The Kier molecular flexibility index (Phi) is 6.78. The van der Waals surface area contributed by atoms with Crippen LogP contribution in [0, 0.1) is 5.92 Å². The first kappa shape index (κ1) is 20.5. The molecular weight excluding hydrogens is 365 g/mol. The van der Waals surface area contributed by atoms with Crippen molar-refractivity contribution in [1.29, 1.82) is 0 Å². The molecule has 2 rings (SSSR count). The number of hydrogen-bond acceptors (Lipinski definition) is 2. The minimum Gasteiger partial charge on any atom is -0.242 e. The predicted octanol–water partition coefficient (Wildman–Crippen LogP) is 4.15. The highest BCUT2D eigenvalue weighted by Gasteiger charge is 2.36. The SMILES string of the molecule is CC(C)[C@@H](NS(=O)C(C)(C)C)P(=S)(c1ccccc1)c1ccccc1. The van der Waals surface area contributed by atoms with E-state index in [1.54, 1.807) is 0 Å². The Morgan fingerprint density at radius 1 is 0.920 bits per heavy atom. The molecule has 0 saturated carbocycles. The molecule has 0 radical (unpaired) electrons. The topological polar surface area (TPSA) is 29.1 Å². The minimum absolute atomic E-state index is 0.0349. The van der Waals surface area contributed by atoms with Crippen LogP contribution in [0.4, 0.5) is 0 Å². The second-order valence-electron chi connectivity index (χ2n) is 7.52. The molecule has 0 aliphatic rings. The fourth-order valence-electron chi connectivity index (χ4n) is 2.69. The van der Waals surface area contributed by atoms with Crippen LogP contribution in [0.5, 0.6) is 0 Å². The van der Waals surface area contributed by atoms with E-state index in [0.29, 0.717) is 0 Å². The van der Waals surface area contributed by atoms with E-state index in [4.69, 9.17) is 11.8 Å². The summed E-state index contributed by atoms with van der Waals surface area (Å²) in [6, 6.07) is 18.5. The molecule has 0 bridgehead atoms. The Morgan fingerprint density at radius 3 is 1.64 bits per heavy atom. The van der Waals surface area contributed by atoms with E-state index in [0.717, 1.165) is 10.6 Å². The number of rotatable bonds is 6. The summed E-state index contributed by atoms with van der Waals surface area (Å²) in [6.45, 7) is 10.3. The van der Waals surface area contributed by atoms with Crippen LogP contribution in [0.3, 0.4) is 0 Å². The van der Waals surface area contributed by atoms with Gasteiger partial charge in [-0.05, 0) is 37.3 Å². The molecule has 0 aromatic heterocycles. The second-order valence-corrected chi connectivity index (χ2v) is 14.1. The minimum atomic E-state index is -2.18. The van der Waals surface area contributed by atoms with Crippen molar-refractivity contribution in [2.75, 3.05) is 0 Å². The van der Waals surface area contributed by atoms with E-state index in [-0.39, 0.29) is 16.4 Å². The third-order valence-electron chi connectivity index (χ3n) is 4.09. The average molecular weight is 394 g/mol. The molecule has 2 aromatic carbocycles. The molecule has 1 N–H and O–H groups in total. The summed E-state index contributed by atoms with van der Waals surface area (Å²) >= 11 is 6.39. The summed E-state index contributed by atoms with van der Waals surface area (Å²) in [6.07, 6.45) is 0. The Labute approximate surface area is 160 Å². The molecule has 0 fully saturated rings. The summed E-state index contributed by atoms with van der Waals surface area (Å²) in [5, 5.41) is 2.32. The Hall–Kier alpha value is -0.800. The van der Waals surface area contributed by atoms with Crippen LogP contribution in [-0.2, 0) is 22.8 Å². The highest BCUT2D eigenvalue weighted by Crippen LogP contribution is 2.50. The van der Waals surface area contributed by atoms with Crippen LogP contribution >= 0.6 is 6.04 Å². The van der Waals surface area contributed by atoms with Gasteiger partial charge in [0.1, 0.15) is 0 Å². The normalized spacial score (nSPS) is 15.1. The lowest BCUT2D eigenvalue weighted by Crippen LogP contribution is -2.45. The lowest BCUT2D eigenvalue weighted by atomic mass is 10.2. The van der Waals surface area contributed by atoms with Crippen molar-refractivity contribution in [3.63, 3.8) is 0 Å². The van der Waals surface area contributed by atoms with Crippen molar-refractivity contribution in [3.8, 4) is 0 Å². The van der Waals surface area contributed by atoms with Gasteiger partial charge in [0.05, 0.1) is 21.5 Å². The zero-order valence-electron chi connectivity index (χ0n) is 15.6. The molecule has 2 atom stereocenters. The molecule has 0 spiro atoms. The summed E-state index contributed by atoms with van der Waals surface area (Å²) in [7, 11) is -1.17. The van der Waals surface area contributed by atoms with Crippen LogP contribution < -0.4 is 15.3 Å². The maximum Gasteiger partial charge on any atom is 0.0976 e. The van der Waals surface area contributed by atoms with Crippen molar-refractivity contribution in [2.24, 2.45) is 5.92 Å². The summed E-state index contributed by atoms with van der Waals surface area (Å²) < 4.78 is 15.9. The average Bonchev–Trinajstić information content (AvgIpc) is 2.59. The lowest BCUT2D eigenvalue weighted by molar-refractivity contribution is 0.565. The summed E-state index contributed by atoms with van der Waals surface area (Å²) in [4.78, 5) is 0. The molecule has 1 unspecified atom stereocenters. The largest absolute Gasteiger partial charge is 0.242 e. The zero-order chi connectivity index (χ0) is 18.7. The van der Waals surface area contributed by atoms with Gasteiger partial charge in [-0.15, -0.1) is 0 Å². The first-order valence-corrected chi connectivity index (χ1v) is 12.6. The summed E-state index contributed by atoms with van der Waals surface area (Å²) in [5.41, 5.74) is 0. The third-order valence-corrected chi connectivity index (χ3v) is 11.4. The van der Waals surface area contributed by atoms with Crippen molar-refractivity contribution in [3.05, 3.63) is 60.7 Å². The van der Waals surface area contributed by atoms with Gasteiger partial charge in [-0.25, -0.2) is 8.93 Å². The van der Waals surface area contributed by atoms with Gasteiger partial charge in [-0.1, -0.05) is 86.3 Å². The van der Waals surface area contributed by atoms with Crippen LogP contribution in [0.1, 0.15) is 34.6 Å². The van der Waals surface area contributed by atoms with Gasteiger partial charge in [-0.3, -0.25) is 0 Å². The molecule has 2 aromatic rings. The van der Waals surface area contributed by atoms with Gasteiger partial charge < -0.3 is 0 Å². The first-order chi connectivity index (χ1) is 11.7. The molecule has 5 heteroatoms. The first-order valence-electron chi connectivity index (χ1n) is 8.56. The fraction of sp³-hybridized carbons (Fsp3) is 0.400. The van der Waals surface area contributed by atoms with Crippen molar-refractivity contribution in [2.45, 2.75) is 45.1 Å². The van der Waals surface area contributed by atoms with E-state index in [2.05, 4.69) is 42.8 Å². The highest BCUT2D eigenvalue weighted by atomic mass is 32.4. The van der Waals surface area contributed by atoms with E-state index >= 15 is 0 Å². The molecule has 0 aliphatic carbocycles. The Bertz CT molecular complexity index is 711. The molecule has 0 heterocycles. The van der Waals surface area contributed by atoms with Gasteiger partial charge >= 0.3 is 0 Å². The standard InChI is InChI=1S/C20H28NOPS2/c1-16(2)19(21-25(22)20(3,4)5)23(24,17-12-8-6-9-13-17)18-14-10-7-11-15-18/h6-16,19,21H,1-5H3/t19-,25?/m0/s1. The Morgan fingerprint density at radius 2 is 1.32 bits per heavy atom. The van der Waals surface area contributed by atoms with E-state index < -0.39 is 17.0 Å². The van der Waals surface area contributed by atoms with Crippen LogP contribution in [0.15, 0.2) is 60.7 Å². The van der Waals surface area contributed by atoms with Crippen molar-refractivity contribution < 1.29 is 4.21 Å². The maximum absolute atomic E-state index is 12.9. The predicted molar refractivity (Wildman–Crippen MR) is 116 cm³/mol. The zero-order valence-corrected chi connectivity index (χ0v) is 18.1. The quantitative estimate of drug-likeness (QED) is 0.747. The van der Waals surface area contributed by atoms with Crippen LogP contribution in [0.2, 0.25) is 0 Å². The summed E-state index contributed by atoms with van der Waals surface area (Å²) in [5.74, 6) is 0.227. The second kappa shape index (κ2) is 8.26. The van der Waals surface area contributed by atoms with E-state index in [9.17, 15) is 4.21 Å². The number of nitrogens with one attached hydrogen (secondary N) is 1. The number of benzene rings is 2. The smallest absolute Gasteiger partial charge is 0.0976 e. The van der Waals surface area contributed by atoms with Crippen molar-refractivity contribution >= 4 is 39.4 Å². The van der Waals surface area contributed by atoms with Gasteiger partial charge in [-0.2, -0.15) is 0 Å². The fourth-order valence-corrected chi connectivity index (χ4v) is 9.27. The van der Waals surface area contributed by atoms with E-state index in [1.807, 2.05) is 57.2 Å². The molecule has 25 heavy (non-hydrogen) atoms. The van der Waals surface area contributed by atoms with Gasteiger partial charge in [0, 0.05) is 6.04 Å². The Balaban J connectivity index is 2.60. The lowest BCUT2D eigenvalue weighted by Gasteiger charge is -2.36. The van der Waals surface area contributed by atoms with Gasteiger partial charge in [0.2, 0.25) is 0 Å². The monoisotopic (exact) mass is 393 g/mol. The molecule has 0 amide bonds. The molecular formula is C20H28NOPS2. The highest BCUT2D eigenvalue weighted by molar-refractivity contribution is 8.22. The van der Waals surface area contributed by atoms with Crippen LogP contribution in [-0.4, -0.2) is 14.7 Å². The van der Waals surface area contributed by atoms with Crippen LogP contribution in [0.25, 0.3) is 0 Å². The third kappa shape index (κ3) is 4.68. The van der Waals surface area contributed by atoms with E-state index in [1.165, 1.54) is 0 Å². The number of hydrogen-bond donors (Lipinski definition) is 1.